The third kappa shape index (κ3) is 2.06. The molecule has 2 N–H and O–H groups in total. The van der Waals surface area contributed by atoms with Crippen molar-refractivity contribution in [1.82, 2.24) is 9.78 Å². The molecule has 0 aliphatic carbocycles. The first-order valence-electron chi connectivity index (χ1n) is 7.48. The highest BCUT2D eigenvalue weighted by Crippen LogP contribution is 2.36. The summed E-state index contributed by atoms with van der Waals surface area (Å²) in [5.74, 6) is 0. The minimum absolute atomic E-state index is 0.660. The Hall–Kier alpha value is -1.61. The molecule has 0 radical (unpaired) electrons. The van der Waals surface area contributed by atoms with E-state index in [1.54, 1.807) is 0 Å². The average Bonchev–Trinajstić information content (AvgIpc) is 2.91. The van der Waals surface area contributed by atoms with Crippen LogP contribution in [0.1, 0.15) is 34.5 Å². The number of benzene rings is 1. The summed E-state index contributed by atoms with van der Waals surface area (Å²) >= 11 is 0. The van der Waals surface area contributed by atoms with E-state index in [4.69, 9.17) is 10.8 Å². The molecule has 2 heterocycles. The lowest BCUT2D eigenvalue weighted by atomic mass is 9.91. The molecule has 0 bridgehead atoms. The summed E-state index contributed by atoms with van der Waals surface area (Å²) < 4.78 is 2.19. The van der Waals surface area contributed by atoms with Gasteiger partial charge in [0.25, 0.3) is 0 Å². The van der Waals surface area contributed by atoms with Crippen LogP contribution in [0.4, 0.5) is 0 Å². The minimum Gasteiger partial charge on any atom is -0.330 e. The summed E-state index contributed by atoms with van der Waals surface area (Å²) in [4.78, 5) is 0. The van der Waals surface area contributed by atoms with Gasteiger partial charge in [-0.25, -0.2) is 0 Å². The first-order valence-corrected chi connectivity index (χ1v) is 7.48. The number of nitrogens with zero attached hydrogens (tertiary/aromatic N) is 2. The van der Waals surface area contributed by atoms with Gasteiger partial charge in [0.1, 0.15) is 0 Å². The molecule has 0 spiro atoms. The van der Waals surface area contributed by atoms with E-state index in [1.807, 2.05) is 0 Å². The van der Waals surface area contributed by atoms with Crippen LogP contribution in [0.5, 0.6) is 0 Å². The van der Waals surface area contributed by atoms with Crippen molar-refractivity contribution in [2.45, 2.75) is 46.6 Å². The summed E-state index contributed by atoms with van der Waals surface area (Å²) in [7, 11) is 0. The molecule has 0 atom stereocenters. The Morgan fingerprint density at radius 2 is 1.85 bits per heavy atom. The smallest absolute Gasteiger partial charge is 0.0718 e. The molecule has 1 aliphatic rings. The zero-order valence-corrected chi connectivity index (χ0v) is 12.7. The molecular weight excluding hydrogens is 246 g/mol. The van der Waals surface area contributed by atoms with Crippen molar-refractivity contribution in [3.05, 3.63) is 40.2 Å². The highest BCUT2D eigenvalue weighted by molar-refractivity contribution is 5.76. The number of nitrogens with two attached hydrogens (primary N) is 1. The Bertz CT molecular complexity index is 629. The fourth-order valence-electron chi connectivity index (χ4n) is 3.56. The van der Waals surface area contributed by atoms with Crippen LogP contribution in [0, 0.1) is 20.8 Å². The Morgan fingerprint density at radius 3 is 2.50 bits per heavy atom. The molecule has 3 nitrogen and oxygen atoms in total. The van der Waals surface area contributed by atoms with E-state index in [0.29, 0.717) is 6.54 Å². The monoisotopic (exact) mass is 269 g/mol. The van der Waals surface area contributed by atoms with Crippen LogP contribution in [0.3, 0.4) is 0 Å². The number of hydrogen-bond acceptors (Lipinski definition) is 2. The topological polar surface area (TPSA) is 43.8 Å². The summed E-state index contributed by atoms with van der Waals surface area (Å²) in [6.45, 7) is 8.29. The average molecular weight is 269 g/mol. The molecule has 1 aromatic carbocycles. The number of aromatic nitrogens is 2. The summed E-state index contributed by atoms with van der Waals surface area (Å²) in [6, 6.07) is 4.54. The molecule has 0 amide bonds. The van der Waals surface area contributed by atoms with Gasteiger partial charge in [0.2, 0.25) is 0 Å². The quantitative estimate of drug-likeness (QED) is 0.931. The van der Waals surface area contributed by atoms with E-state index < -0.39 is 0 Å². The van der Waals surface area contributed by atoms with E-state index in [-0.39, 0.29) is 0 Å². The van der Waals surface area contributed by atoms with Gasteiger partial charge < -0.3 is 5.73 Å². The van der Waals surface area contributed by atoms with Gasteiger partial charge in [0.15, 0.2) is 0 Å². The highest BCUT2D eigenvalue weighted by Gasteiger charge is 2.24. The minimum atomic E-state index is 0.660. The zero-order valence-electron chi connectivity index (χ0n) is 12.7. The van der Waals surface area contributed by atoms with Gasteiger partial charge in [-0.2, -0.15) is 5.10 Å². The van der Waals surface area contributed by atoms with Crippen molar-refractivity contribution in [2.24, 2.45) is 5.73 Å². The number of aryl methyl sites for hydroxylation is 4. The third-order valence-corrected chi connectivity index (χ3v) is 4.22. The predicted octanol–water partition coefficient (Wildman–Crippen LogP) is 2.92. The largest absolute Gasteiger partial charge is 0.330 e. The molecule has 0 unspecified atom stereocenters. The summed E-state index contributed by atoms with van der Waals surface area (Å²) in [5.41, 5.74) is 15.1. The molecule has 20 heavy (non-hydrogen) atoms. The van der Waals surface area contributed by atoms with Crippen molar-refractivity contribution in [3.8, 4) is 11.1 Å². The van der Waals surface area contributed by atoms with Gasteiger partial charge in [0, 0.05) is 24.2 Å². The zero-order chi connectivity index (χ0) is 14.3. The Kier molecular flexibility index (Phi) is 3.38. The van der Waals surface area contributed by atoms with E-state index in [0.717, 1.165) is 19.4 Å². The van der Waals surface area contributed by atoms with Gasteiger partial charge in [-0.05, 0) is 56.8 Å². The Morgan fingerprint density at radius 1 is 1.15 bits per heavy atom. The SMILES string of the molecule is Cc1cc(C)c(-c2c(CCN)nn3c2CCC3)c(C)c1. The molecule has 1 aromatic heterocycles. The Labute approximate surface area is 120 Å². The maximum atomic E-state index is 5.78. The van der Waals surface area contributed by atoms with Crippen molar-refractivity contribution >= 4 is 0 Å². The van der Waals surface area contributed by atoms with Crippen molar-refractivity contribution in [3.63, 3.8) is 0 Å². The van der Waals surface area contributed by atoms with Crippen LogP contribution >= 0.6 is 0 Å². The normalized spacial score (nSPS) is 13.8. The van der Waals surface area contributed by atoms with Gasteiger partial charge in [0.05, 0.1) is 5.69 Å². The molecule has 3 rings (SSSR count). The molecule has 0 saturated heterocycles. The fraction of sp³-hybridized carbons (Fsp3) is 0.471. The van der Waals surface area contributed by atoms with Crippen LogP contribution in [-0.4, -0.2) is 16.3 Å². The van der Waals surface area contributed by atoms with Crippen molar-refractivity contribution < 1.29 is 0 Å². The van der Waals surface area contributed by atoms with Crippen LogP contribution in [-0.2, 0) is 19.4 Å². The van der Waals surface area contributed by atoms with Crippen molar-refractivity contribution in [2.75, 3.05) is 6.54 Å². The van der Waals surface area contributed by atoms with E-state index in [9.17, 15) is 0 Å². The maximum Gasteiger partial charge on any atom is 0.0718 e. The third-order valence-electron chi connectivity index (χ3n) is 4.22. The summed E-state index contributed by atoms with van der Waals surface area (Å²) in [6.07, 6.45) is 3.21. The second-order valence-electron chi connectivity index (χ2n) is 5.91. The number of fused-ring (bicyclic) bond motifs is 1. The van der Waals surface area contributed by atoms with Crippen LogP contribution in [0.15, 0.2) is 12.1 Å². The second kappa shape index (κ2) is 5.06. The molecule has 2 aromatic rings. The number of hydrogen-bond donors (Lipinski definition) is 1. The van der Waals surface area contributed by atoms with E-state index in [1.165, 1.54) is 45.6 Å². The lowest BCUT2D eigenvalue weighted by Crippen LogP contribution is -2.06. The van der Waals surface area contributed by atoms with Crippen LogP contribution < -0.4 is 5.73 Å². The first kappa shape index (κ1) is 13.4. The molecule has 3 heteroatoms. The molecule has 0 saturated carbocycles. The van der Waals surface area contributed by atoms with Gasteiger partial charge in [-0.3, -0.25) is 4.68 Å². The molecular formula is C17H23N3. The lowest BCUT2D eigenvalue weighted by molar-refractivity contribution is 0.643. The molecule has 1 aliphatic heterocycles. The molecule has 0 fully saturated rings. The first-order chi connectivity index (χ1) is 9.61. The van der Waals surface area contributed by atoms with Crippen LogP contribution in [0.2, 0.25) is 0 Å². The van der Waals surface area contributed by atoms with E-state index in [2.05, 4.69) is 37.6 Å². The summed E-state index contributed by atoms with van der Waals surface area (Å²) in [5, 5.41) is 4.80. The van der Waals surface area contributed by atoms with Gasteiger partial charge in [-0.1, -0.05) is 17.7 Å². The van der Waals surface area contributed by atoms with Crippen molar-refractivity contribution in [1.29, 1.82) is 0 Å². The van der Waals surface area contributed by atoms with Crippen LogP contribution in [0.25, 0.3) is 11.1 Å². The maximum absolute atomic E-state index is 5.78. The lowest BCUT2D eigenvalue weighted by Gasteiger charge is -2.13. The van der Waals surface area contributed by atoms with E-state index >= 15 is 0 Å². The predicted molar refractivity (Wildman–Crippen MR) is 83.0 cm³/mol. The standard InChI is InChI=1S/C17H23N3/c1-11-9-12(2)16(13(3)10-11)17-14(6-7-18)19-20-8-4-5-15(17)20/h9-10H,4-8,18H2,1-3H3. The fourth-order valence-corrected chi connectivity index (χ4v) is 3.56. The number of rotatable bonds is 3. The second-order valence-corrected chi connectivity index (χ2v) is 5.91. The Balaban J connectivity index is 2.24. The molecule has 106 valence electrons. The van der Waals surface area contributed by atoms with Gasteiger partial charge in [-0.15, -0.1) is 0 Å². The van der Waals surface area contributed by atoms with Gasteiger partial charge >= 0.3 is 0 Å². The highest BCUT2D eigenvalue weighted by atomic mass is 15.3.